The highest BCUT2D eigenvalue weighted by Crippen LogP contribution is 2.14. The van der Waals surface area contributed by atoms with Gasteiger partial charge in [0.15, 0.2) is 0 Å². The van der Waals surface area contributed by atoms with Crippen molar-refractivity contribution in [3.63, 3.8) is 0 Å². The van der Waals surface area contributed by atoms with Gasteiger partial charge in [-0.05, 0) is 32.6 Å². The van der Waals surface area contributed by atoms with Crippen LogP contribution in [-0.4, -0.2) is 29.4 Å². The summed E-state index contributed by atoms with van der Waals surface area (Å²) < 4.78 is 0. The van der Waals surface area contributed by atoms with Gasteiger partial charge in [-0.3, -0.25) is 9.59 Å². The van der Waals surface area contributed by atoms with E-state index in [0.29, 0.717) is 19.4 Å². The van der Waals surface area contributed by atoms with Crippen molar-refractivity contribution in [1.29, 1.82) is 0 Å². The fourth-order valence-corrected chi connectivity index (χ4v) is 2.92. The topological polar surface area (TPSA) is 71.1 Å². The minimum atomic E-state index is -0.363. The molecule has 1 aliphatic heterocycles. The van der Waals surface area contributed by atoms with E-state index in [1.54, 1.807) is 16.8 Å². The average Bonchev–Trinajstić information content (AvgIpc) is 2.69. The highest BCUT2D eigenvalue weighted by molar-refractivity contribution is 7.09. The van der Waals surface area contributed by atoms with Gasteiger partial charge in [0, 0.05) is 17.8 Å². The van der Waals surface area contributed by atoms with Crippen LogP contribution in [0.15, 0.2) is 5.51 Å². The van der Waals surface area contributed by atoms with Gasteiger partial charge >= 0.3 is 0 Å². The van der Waals surface area contributed by atoms with Crippen molar-refractivity contribution in [3.8, 4) is 0 Å². The predicted molar refractivity (Wildman–Crippen MR) is 74.0 cm³/mol. The number of aromatic nitrogens is 1. The van der Waals surface area contributed by atoms with Crippen LogP contribution in [0.25, 0.3) is 0 Å². The van der Waals surface area contributed by atoms with Crippen molar-refractivity contribution in [2.75, 3.05) is 6.54 Å². The lowest BCUT2D eigenvalue weighted by molar-refractivity contribution is -0.128. The van der Waals surface area contributed by atoms with Gasteiger partial charge in [-0.15, -0.1) is 11.3 Å². The van der Waals surface area contributed by atoms with Gasteiger partial charge < -0.3 is 10.6 Å². The first kappa shape index (κ1) is 14.0. The highest BCUT2D eigenvalue weighted by atomic mass is 32.1. The number of hydrogen-bond acceptors (Lipinski definition) is 4. The van der Waals surface area contributed by atoms with E-state index < -0.39 is 0 Å². The molecular formula is C13H19N3O2S. The van der Waals surface area contributed by atoms with Gasteiger partial charge in [0.05, 0.1) is 11.2 Å². The van der Waals surface area contributed by atoms with Crippen LogP contribution in [-0.2, 0) is 16.0 Å². The molecule has 0 radical (unpaired) electrons. The molecule has 1 fully saturated rings. The molecule has 1 aromatic heterocycles. The minimum Gasteiger partial charge on any atom is -0.354 e. The van der Waals surface area contributed by atoms with Gasteiger partial charge in [-0.2, -0.15) is 0 Å². The second kappa shape index (κ2) is 6.65. The van der Waals surface area contributed by atoms with Crippen LogP contribution >= 0.6 is 11.3 Å². The van der Waals surface area contributed by atoms with Crippen LogP contribution in [0.1, 0.15) is 36.3 Å². The summed E-state index contributed by atoms with van der Waals surface area (Å²) in [7, 11) is 0. The van der Waals surface area contributed by atoms with Crippen molar-refractivity contribution in [2.24, 2.45) is 0 Å². The Morgan fingerprint density at radius 2 is 2.42 bits per heavy atom. The van der Waals surface area contributed by atoms with Gasteiger partial charge in [-0.25, -0.2) is 4.98 Å². The van der Waals surface area contributed by atoms with Gasteiger partial charge in [0.2, 0.25) is 11.8 Å². The monoisotopic (exact) mass is 281 g/mol. The van der Waals surface area contributed by atoms with E-state index in [2.05, 4.69) is 15.6 Å². The molecule has 2 N–H and O–H groups in total. The number of rotatable bonds is 4. The highest BCUT2D eigenvalue weighted by Gasteiger charge is 2.22. The third kappa shape index (κ3) is 4.02. The third-order valence-corrected chi connectivity index (χ3v) is 4.29. The Hall–Kier alpha value is -1.43. The number of thiazole rings is 1. The molecule has 6 heteroatoms. The Labute approximate surface area is 116 Å². The molecule has 0 saturated carbocycles. The summed E-state index contributed by atoms with van der Waals surface area (Å²) >= 11 is 1.57. The summed E-state index contributed by atoms with van der Waals surface area (Å²) in [5.41, 5.74) is 2.78. The summed E-state index contributed by atoms with van der Waals surface area (Å²) in [5.74, 6) is -0.116. The van der Waals surface area contributed by atoms with E-state index in [1.807, 2.05) is 6.92 Å². The zero-order chi connectivity index (χ0) is 13.7. The summed E-state index contributed by atoms with van der Waals surface area (Å²) in [6.45, 7) is 2.66. The fourth-order valence-electron chi connectivity index (χ4n) is 2.14. The van der Waals surface area contributed by atoms with E-state index in [4.69, 9.17) is 0 Å². The molecule has 5 nitrogen and oxygen atoms in total. The smallest absolute Gasteiger partial charge is 0.242 e. The number of amides is 2. The maximum atomic E-state index is 11.9. The molecule has 2 heterocycles. The quantitative estimate of drug-likeness (QED) is 0.870. The van der Waals surface area contributed by atoms with Crippen molar-refractivity contribution in [1.82, 2.24) is 15.6 Å². The lowest BCUT2D eigenvalue weighted by Gasteiger charge is -2.14. The Kier molecular flexibility index (Phi) is 4.90. The maximum absolute atomic E-state index is 11.9. The molecule has 2 amide bonds. The second-order valence-corrected chi connectivity index (χ2v) is 5.71. The molecule has 19 heavy (non-hydrogen) atoms. The molecule has 0 bridgehead atoms. The van der Waals surface area contributed by atoms with E-state index in [1.165, 1.54) is 0 Å². The van der Waals surface area contributed by atoms with E-state index >= 15 is 0 Å². The van der Waals surface area contributed by atoms with Crippen LogP contribution in [0, 0.1) is 6.92 Å². The molecule has 0 aliphatic carbocycles. The van der Waals surface area contributed by atoms with Crippen LogP contribution in [0.2, 0.25) is 0 Å². The van der Waals surface area contributed by atoms with Gasteiger partial charge in [0.25, 0.3) is 0 Å². The van der Waals surface area contributed by atoms with Crippen LogP contribution in [0.4, 0.5) is 0 Å². The van der Waals surface area contributed by atoms with Crippen molar-refractivity contribution >= 4 is 23.2 Å². The molecule has 0 aromatic carbocycles. The number of carbonyl (C=O) groups is 2. The first-order chi connectivity index (χ1) is 9.16. The minimum absolute atomic E-state index is 0.0557. The van der Waals surface area contributed by atoms with Crippen LogP contribution in [0.3, 0.4) is 0 Å². The summed E-state index contributed by atoms with van der Waals surface area (Å²) in [4.78, 5) is 28.9. The van der Waals surface area contributed by atoms with E-state index in [9.17, 15) is 9.59 Å². The van der Waals surface area contributed by atoms with Gasteiger partial charge in [0.1, 0.15) is 6.04 Å². The molecule has 1 aromatic rings. The normalized spacial score (nSPS) is 19.6. The fraction of sp³-hybridized carbons (Fsp3) is 0.615. The molecule has 1 saturated heterocycles. The van der Waals surface area contributed by atoms with E-state index in [0.717, 1.165) is 29.8 Å². The first-order valence-corrected chi connectivity index (χ1v) is 7.51. The van der Waals surface area contributed by atoms with Gasteiger partial charge in [-0.1, -0.05) is 0 Å². The predicted octanol–water partition coefficient (Wildman–Crippen LogP) is 1.17. The maximum Gasteiger partial charge on any atom is 0.242 e. The Morgan fingerprint density at radius 1 is 1.58 bits per heavy atom. The SMILES string of the molecule is Cc1ncsc1CCC(=O)NC1CCCCNC1=O. The lowest BCUT2D eigenvalue weighted by atomic mass is 10.1. The largest absolute Gasteiger partial charge is 0.354 e. The van der Waals surface area contributed by atoms with Crippen molar-refractivity contribution in [3.05, 3.63) is 16.1 Å². The molecule has 1 aliphatic rings. The standard InChI is InChI=1S/C13H19N3O2S/c1-9-11(19-8-15-9)5-6-12(17)16-10-4-2-3-7-14-13(10)18/h8,10H,2-7H2,1H3,(H,14,18)(H,16,17). The average molecular weight is 281 g/mol. The summed E-state index contributed by atoms with van der Waals surface area (Å²) in [6, 6.07) is -0.363. The van der Waals surface area contributed by atoms with Crippen LogP contribution in [0.5, 0.6) is 0 Å². The Morgan fingerprint density at radius 3 is 3.16 bits per heavy atom. The second-order valence-electron chi connectivity index (χ2n) is 4.77. The third-order valence-electron chi connectivity index (χ3n) is 3.29. The zero-order valence-electron chi connectivity index (χ0n) is 11.1. The molecule has 1 unspecified atom stereocenters. The van der Waals surface area contributed by atoms with Crippen molar-refractivity contribution in [2.45, 2.75) is 45.1 Å². The van der Waals surface area contributed by atoms with Crippen LogP contribution < -0.4 is 10.6 Å². The first-order valence-electron chi connectivity index (χ1n) is 6.63. The number of aryl methyl sites for hydroxylation is 2. The summed E-state index contributed by atoms with van der Waals surface area (Å²) in [5, 5.41) is 5.64. The molecule has 2 rings (SSSR count). The number of hydrogen-bond donors (Lipinski definition) is 2. The summed E-state index contributed by atoms with van der Waals surface area (Å²) in [6.07, 6.45) is 3.79. The Bertz CT molecular complexity index is 458. The lowest BCUT2D eigenvalue weighted by Crippen LogP contribution is -2.45. The number of nitrogens with zero attached hydrogens (tertiary/aromatic N) is 1. The molecule has 104 valence electrons. The molecular weight excluding hydrogens is 262 g/mol. The number of nitrogens with one attached hydrogen (secondary N) is 2. The zero-order valence-corrected chi connectivity index (χ0v) is 11.9. The molecule has 1 atom stereocenters. The van der Waals surface area contributed by atoms with E-state index in [-0.39, 0.29) is 17.9 Å². The Balaban J connectivity index is 1.80. The number of carbonyl (C=O) groups excluding carboxylic acids is 2. The molecule has 0 spiro atoms. The van der Waals surface area contributed by atoms with Crippen molar-refractivity contribution < 1.29 is 9.59 Å².